The van der Waals surface area contributed by atoms with Crippen LogP contribution in [0.4, 0.5) is 0 Å². The molecule has 3 aromatic rings. The van der Waals surface area contributed by atoms with E-state index in [9.17, 15) is 0 Å². The first-order valence-electron chi connectivity index (χ1n) is 4.68. The summed E-state index contributed by atoms with van der Waals surface area (Å²) in [7, 11) is 1.88. The SMILES string of the molecule is Cn1nnc2cccc(-c3ccco3)c21. The van der Waals surface area contributed by atoms with Gasteiger partial charge in [0.25, 0.3) is 0 Å². The average molecular weight is 199 g/mol. The molecule has 4 nitrogen and oxygen atoms in total. The molecule has 0 spiro atoms. The molecule has 0 saturated heterocycles. The van der Waals surface area contributed by atoms with Gasteiger partial charge in [0.1, 0.15) is 11.3 Å². The number of nitrogens with zero attached hydrogens (tertiary/aromatic N) is 3. The van der Waals surface area contributed by atoms with Crippen LogP contribution in [0.1, 0.15) is 0 Å². The fourth-order valence-corrected chi connectivity index (χ4v) is 1.74. The Morgan fingerprint density at radius 3 is 2.93 bits per heavy atom. The zero-order valence-corrected chi connectivity index (χ0v) is 8.21. The molecule has 74 valence electrons. The first-order valence-corrected chi connectivity index (χ1v) is 4.68. The summed E-state index contributed by atoms with van der Waals surface area (Å²) in [6.07, 6.45) is 1.66. The topological polar surface area (TPSA) is 43.9 Å². The molecule has 0 radical (unpaired) electrons. The minimum absolute atomic E-state index is 0.839. The largest absolute Gasteiger partial charge is 0.464 e. The Bertz CT molecular complexity index is 595. The van der Waals surface area contributed by atoms with Crippen LogP contribution in [0.5, 0.6) is 0 Å². The standard InChI is InChI=1S/C11H9N3O/c1-14-11-8(10-6-3-7-15-10)4-2-5-9(11)12-13-14/h2-7H,1H3. The molecule has 3 rings (SSSR count). The number of aryl methyl sites for hydroxylation is 1. The highest BCUT2D eigenvalue weighted by atomic mass is 16.3. The third-order valence-electron chi connectivity index (χ3n) is 2.41. The monoisotopic (exact) mass is 199 g/mol. The van der Waals surface area contributed by atoms with Gasteiger partial charge in [0.05, 0.1) is 11.8 Å². The molecule has 0 saturated carbocycles. The van der Waals surface area contributed by atoms with Gasteiger partial charge in [-0.25, -0.2) is 4.68 Å². The third-order valence-corrected chi connectivity index (χ3v) is 2.41. The van der Waals surface area contributed by atoms with Crippen molar-refractivity contribution in [2.24, 2.45) is 7.05 Å². The number of furan rings is 1. The lowest BCUT2D eigenvalue weighted by Gasteiger charge is -1.99. The van der Waals surface area contributed by atoms with Crippen LogP contribution in [0.2, 0.25) is 0 Å². The van der Waals surface area contributed by atoms with Gasteiger partial charge in [0, 0.05) is 12.6 Å². The smallest absolute Gasteiger partial charge is 0.136 e. The van der Waals surface area contributed by atoms with Crippen LogP contribution in [-0.2, 0) is 7.05 Å². The number of rotatable bonds is 1. The molecule has 0 bridgehead atoms. The Hall–Kier alpha value is -2.10. The Labute approximate surface area is 86.1 Å². The highest BCUT2D eigenvalue weighted by Gasteiger charge is 2.10. The predicted molar refractivity (Wildman–Crippen MR) is 56.2 cm³/mol. The Balaban J connectivity index is 2.39. The van der Waals surface area contributed by atoms with Gasteiger partial charge in [0.2, 0.25) is 0 Å². The Morgan fingerprint density at radius 2 is 2.13 bits per heavy atom. The maximum atomic E-state index is 5.38. The molecule has 4 heteroatoms. The zero-order valence-electron chi connectivity index (χ0n) is 8.21. The van der Waals surface area contributed by atoms with Gasteiger partial charge < -0.3 is 4.42 Å². The van der Waals surface area contributed by atoms with Crippen LogP contribution >= 0.6 is 0 Å². The Kier molecular flexibility index (Phi) is 1.62. The minimum atomic E-state index is 0.839. The van der Waals surface area contributed by atoms with E-state index in [1.54, 1.807) is 10.9 Å². The summed E-state index contributed by atoms with van der Waals surface area (Å²) in [6, 6.07) is 9.70. The van der Waals surface area contributed by atoms with E-state index >= 15 is 0 Å². The summed E-state index contributed by atoms with van der Waals surface area (Å²) in [5.74, 6) is 0.839. The second-order valence-corrected chi connectivity index (χ2v) is 3.36. The van der Waals surface area contributed by atoms with Crippen molar-refractivity contribution in [3.63, 3.8) is 0 Å². The molecule has 0 fully saturated rings. The van der Waals surface area contributed by atoms with Crippen molar-refractivity contribution in [3.8, 4) is 11.3 Å². The maximum absolute atomic E-state index is 5.38. The van der Waals surface area contributed by atoms with Gasteiger partial charge in [-0.1, -0.05) is 11.3 Å². The van der Waals surface area contributed by atoms with Crippen LogP contribution in [0.15, 0.2) is 41.0 Å². The molecule has 0 aliphatic heterocycles. The quantitative estimate of drug-likeness (QED) is 0.603. The van der Waals surface area contributed by atoms with Crippen LogP contribution in [-0.4, -0.2) is 15.0 Å². The molecule has 1 aromatic carbocycles. The van der Waals surface area contributed by atoms with E-state index in [0.29, 0.717) is 0 Å². The molecule has 0 aliphatic carbocycles. The van der Waals surface area contributed by atoms with E-state index in [1.165, 1.54) is 0 Å². The molecule has 0 amide bonds. The lowest BCUT2D eigenvalue weighted by molar-refractivity contribution is 0.582. The molecular weight excluding hydrogens is 190 g/mol. The minimum Gasteiger partial charge on any atom is -0.464 e. The summed E-state index contributed by atoms with van der Waals surface area (Å²) in [6.45, 7) is 0. The van der Waals surface area contributed by atoms with Gasteiger partial charge >= 0.3 is 0 Å². The van der Waals surface area contributed by atoms with Gasteiger partial charge in [-0.2, -0.15) is 0 Å². The van der Waals surface area contributed by atoms with E-state index in [-0.39, 0.29) is 0 Å². The highest BCUT2D eigenvalue weighted by molar-refractivity contribution is 5.89. The van der Waals surface area contributed by atoms with Crippen molar-refractivity contribution in [3.05, 3.63) is 36.6 Å². The predicted octanol–water partition coefficient (Wildman–Crippen LogP) is 2.23. The molecule has 2 heterocycles. The van der Waals surface area contributed by atoms with E-state index in [2.05, 4.69) is 10.3 Å². The van der Waals surface area contributed by atoms with Crippen molar-refractivity contribution in [1.29, 1.82) is 0 Å². The molecule has 0 atom stereocenters. The van der Waals surface area contributed by atoms with Crippen molar-refractivity contribution in [2.75, 3.05) is 0 Å². The van der Waals surface area contributed by atoms with E-state index in [0.717, 1.165) is 22.4 Å². The summed E-state index contributed by atoms with van der Waals surface area (Å²) in [5, 5.41) is 8.05. The number of para-hydroxylation sites is 1. The van der Waals surface area contributed by atoms with E-state index in [4.69, 9.17) is 4.42 Å². The fourth-order valence-electron chi connectivity index (χ4n) is 1.74. The molecule has 0 unspecified atom stereocenters. The van der Waals surface area contributed by atoms with Crippen molar-refractivity contribution < 1.29 is 4.42 Å². The van der Waals surface area contributed by atoms with E-state index in [1.807, 2.05) is 37.4 Å². The second kappa shape index (κ2) is 2.95. The number of hydrogen-bond acceptors (Lipinski definition) is 3. The maximum Gasteiger partial charge on any atom is 0.136 e. The molecule has 2 aromatic heterocycles. The van der Waals surface area contributed by atoms with Crippen molar-refractivity contribution >= 4 is 11.0 Å². The third kappa shape index (κ3) is 1.15. The summed E-state index contributed by atoms with van der Waals surface area (Å²) < 4.78 is 7.14. The summed E-state index contributed by atoms with van der Waals surface area (Å²) in [5.41, 5.74) is 2.89. The highest BCUT2D eigenvalue weighted by Crippen LogP contribution is 2.27. The van der Waals surface area contributed by atoms with Crippen molar-refractivity contribution in [1.82, 2.24) is 15.0 Å². The lowest BCUT2D eigenvalue weighted by Crippen LogP contribution is -1.91. The normalized spacial score (nSPS) is 11.0. The van der Waals surface area contributed by atoms with E-state index < -0.39 is 0 Å². The first-order chi connectivity index (χ1) is 7.36. The van der Waals surface area contributed by atoms with Gasteiger partial charge in [-0.15, -0.1) is 5.10 Å². The molecule has 0 aliphatic rings. The second-order valence-electron chi connectivity index (χ2n) is 3.36. The number of hydrogen-bond donors (Lipinski definition) is 0. The van der Waals surface area contributed by atoms with Gasteiger partial charge in [-0.05, 0) is 24.3 Å². The molecule has 0 N–H and O–H groups in total. The zero-order chi connectivity index (χ0) is 10.3. The van der Waals surface area contributed by atoms with Crippen molar-refractivity contribution in [2.45, 2.75) is 0 Å². The van der Waals surface area contributed by atoms with Crippen LogP contribution in [0.3, 0.4) is 0 Å². The number of aromatic nitrogens is 3. The first kappa shape index (κ1) is 8.23. The Morgan fingerprint density at radius 1 is 1.20 bits per heavy atom. The summed E-state index contributed by atoms with van der Waals surface area (Å²) in [4.78, 5) is 0. The molecular formula is C11H9N3O. The van der Waals surface area contributed by atoms with Crippen LogP contribution in [0, 0.1) is 0 Å². The number of fused-ring (bicyclic) bond motifs is 1. The van der Waals surface area contributed by atoms with Crippen LogP contribution in [0.25, 0.3) is 22.4 Å². The fraction of sp³-hybridized carbons (Fsp3) is 0.0909. The van der Waals surface area contributed by atoms with Gasteiger partial charge in [-0.3, -0.25) is 0 Å². The average Bonchev–Trinajstić information content (AvgIpc) is 2.88. The molecule has 15 heavy (non-hydrogen) atoms. The summed E-state index contributed by atoms with van der Waals surface area (Å²) >= 11 is 0. The van der Waals surface area contributed by atoms with Crippen LogP contribution < -0.4 is 0 Å². The lowest BCUT2D eigenvalue weighted by atomic mass is 10.1. The number of benzene rings is 1. The van der Waals surface area contributed by atoms with Gasteiger partial charge in [0.15, 0.2) is 0 Å².